The highest BCUT2D eigenvalue weighted by atomic mass is 35.5. The van der Waals surface area contributed by atoms with Crippen molar-refractivity contribution in [3.63, 3.8) is 0 Å². The molecule has 5 rings (SSSR count). The van der Waals surface area contributed by atoms with Gasteiger partial charge in [-0.3, -0.25) is 14.5 Å². The van der Waals surface area contributed by atoms with E-state index >= 15 is 0 Å². The molecule has 11 nitrogen and oxygen atoms in total. The average molecular weight is 687 g/mol. The van der Waals surface area contributed by atoms with Gasteiger partial charge in [-0.2, -0.15) is 0 Å². The van der Waals surface area contributed by atoms with E-state index in [2.05, 4.69) is 27.4 Å². The third-order valence-electron chi connectivity index (χ3n) is 8.44. The smallest absolute Gasteiger partial charge is 0.319 e. The molecule has 0 saturated carbocycles. The zero-order chi connectivity index (χ0) is 33.3. The second-order valence-electron chi connectivity index (χ2n) is 11.8. The second kappa shape index (κ2) is 17.2. The Morgan fingerprint density at radius 3 is 2.46 bits per heavy atom. The normalized spacial score (nSPS) is 18.0. The number of halogens is 3. The Bertz CT molecular complexity index is 1560. The molecular formula is C34H41ClF2N6O5. The number of anilines is 1. The number of hydrogen-bond donors (Lipinski definition) is 3. The summed E-state index contributed by atoms with van der Waals surface area (Å²) in [4.78, 5) is 45.5. The van der Waals surface area contributed by atoms with Gasteiger partial charge in [0.1, 0.15) is 17.4 Å². The van der Waals surface area contributed by atoms with Crippen LogP contribution in [0, 0.1) is 11.6 Å². The number of nitrogens with one attached hydrogen (secondary N) is 2. The van der Waals surface area contributed by atoms with Crippen LogP contribution in [0.2, 0.25) is 0 Å². The van der Waals surface area contributed by atoms with E-state index in [0.29, 0.717) is 68.9 Å². The highest BCUT2D eigenvalue weighted by molar-refractivity contribution is 5.96. The quantitative estimate of drug-likeness (QED) is 0.243. The maximum Gasteiger partial charge on any atom is 0.319 e. The summed E-state index contributed by atoms with van der Waals surface area (Å²) in [5.41, 5.74) is 5.94. The number of amides is 4. The maximum absolute atomic E-state index is 14.3. The Labute approximate surface area is 284 Å². The maximum atomic E-state index is 14.3. The number of ether oxygens (including phenoxy) is 2. The molecular weight excluding hydrogens is 646 g/mol. The van der Waals surface area contributed by atoms with E-state index in [1.807, 2.05) is 12.1 Å². The first-order chi connectivity index (χ1) is 22.7. The fraction of sp³-hybridized carbons (Fsp3) is 0.412. The van der Waals surface area contributed by atoms with Crippen LogP contribution in [0.1, 0.15) is 65.3 Å². The summed E-state index contributed by atoms with van der Waals surface area (Å²) in [6.45, 7) is 5.80. The number of unbranched alkanes of at least 4 members (excludes halogenated alkanes) is 1. The number of benzene rings is 2. The lowest BCUT2D eigenvalue weighted by atomic mass is 9.93. The molecule has 1 aromatic heterocycles. The fourth-order valence-electron chi connectivity index (χ4n) is 5.89. The van der Waals surface area contributed by atoms with Gasteiger partial charge in [0.2, 0.25) is 5.88 Å². The van der Waals surface area contributed by atoms with Crippen molar-refractivity contribution in [2.75, 3.05) is 38.2 Å². The van der Waals surface area contributed by atoms with Crippen LogP contribution < -0.4 is 21.1 Å². The predicted molar refractivity (Wildman–Crippen MR) is 178 cm³/mol. The van der Waals surface area contributed by atoms with Crippen molar-refractivity contribution in [3.8, 4) is 11.6 Å². The van der Waals surface area contributed by atoms with Crippen molar-refractivity contribution in [2.45, 2.75) is 57.7 Å². The zero-order valence-corrected chi connectivity index (χ0v) is 27.6. The number of piperidine rings is 1. The summed E-state index contributed by atoms with van der Waals surface area (Å²) in [7, 11) is 0. The molecule has 3 heterocycles. The van der Waals surface area contributed by atoms with Crippen LogP contribution in [0.5, 0.6) is 11.6 Å². The molecule has 2 saturated heterocycles. The predicted octanol–water partition coefficient (Wildman–Crippen LogP) is 5.49. The summed E-state index contributed by atoms with van der Waals surface area (Å²) in [5, 5.41) is 5.28. The van der Waals surface area contributed by atoms with Crippen LogP contribution in [-0.2, 0) is 11.3 Å². The number of primary amides is 1. The van der Waals surface area contributed by atoms with Gasteiger partial charge >= 0.3 is 6.03 Å². The first-order valence-corrected chi connectivity index (χ1v) is 15.9. The standard InChI is InChI=1S/C34H40F2N6O5.ClH/c1-2-3-4-25-17-24(39-34(45)40-30-18-27(32(37)43)28(35)19-29(30)36)11-12-42(25)21-22-5-10-31(38-20-22)47-26-8-6-23(7-9-26)33(44)41-13-15-46-16-14-41;/h5-10,18-20,24-25H,2-4,11-17,21H2,1H3,(H2,37,43)(H2,39,40,45);1H. The molecule has 0 bridgehead atoms. The fourth-order valence-corrected chi connectivity index (χ4v) is 5.89. The number of urea groups is 1. The van der Waals surface area contributed by atoms with Crippen LogP contribution in [0.15, 0.2) is 54.7 Å². The van der Waals surface area contributed by atoms with Crippen LogP contribution in [0.4, 0.5) is 19.3 Å². The van der Waals surface area contributed by atoms with Gasteiger partial charge in [-0.1, -0.05) is 25.8 Å². The number of pyridine rings is 1. The Morgan fingerprint density at radius 1 is 1.04 bits per heavy atom. The Kier molecular flexibility index (Phi) is 13.1. The van der Waals surface area contributed by atoms with E-state index in [4.69, 9.17) is 15.2 Å². The third kappa shape index (κ3) is 9.61. The molecule has 2 atom stereocenters. The van der Waals surface area contributed by atoms with Gasteiger partial charge in [0.05, 0.1) is 24.5 Å². The number of aromatic nitrogens is 1. The van der Waals surface area contributed by atoms with Crippen LogP contribution in [0.25, 0.3) is 0 Å². The van der Waals surface area contributed by atoms with E-state index in [-0.39, 0.29) is 36.1 Å². The van der Waals surface area contributed by atoms with E-state index < -0.39 is 29.1 Å². The minimum absolute atomic E-state index is 0. The highest BCUT2D eigenvalue weighted by Gasteiger charge is 2.29. The van der Waals surface area contributed by atoms with Gasteiger partial charge in [-0.05, 0) is 55.2 Å². The molecule has 4 amide bonds. The van der Waals surface area contributed by atoms with E-state index in [9.17, 15) is 23.2 Å². The molecule has 2 unspecified atom stereocenters. The molecule has 258 valence electrons. The summed E-state index contributed by atoms with van der Waals surface area (Å²) in [6.07, 6.45) is 6.17. The lowest BCUT2D eigenvalue weighted by molar-refractivity contribution is 0.0303. The molecule has 0 aliphatic carbocycles. The monoisotopic (exact) mass is 686 g/mol. The highest BCUT2D eigenvalue weighted by Crippen LogP contribution is 2.26. The minimum Gasteiger partial charge on any atom is -0.439 e. The van der Waals surface area contributed by atoms with Crippen molar-refractivity contribution in [2.24, 2.45) is 5.73 Å². The van der Waals surface area contributed by atoms with Gasteiger partial charge in [0, 0.05) is 62.2 Å². The SMILES string of the molecule is CCCCC1CC(NC(=O)Nc2cc(C(N)=O)c(F)cc2F)CCN1Cc1ccc(Oc2ccc(C(=O)N3CCOCC3)cc2)nc1.Cl. The van der Waals surface area contributed by atoms with E-state index in [1.165, 1.54) is 0 Å². The Morgan fingerprint density at radius 2 is 1.79 bits per heavy atom. The number of likely N-dealkylation sites (tertiary alicyclic amines) is 1. The molecule has 2 aliphatic heterocycles. The van der Waals surface area contributed by atoms with Crippen molar-refractivity contribution in [1.82, 2.24) is 20.1 Å². The molecule has 48 heavy (non-hydrogen) atoms. The first-order valence-electron chi connectivity index (χ1n) is 15.9. The molecule has 3 aromatic rings. The number of carbonyl (C=O) groups is 3. The summed E-state index contributed by atoms with van der Waals surface area (Å²) < 4.78 is 39.3. The minimum atomic E-state index is -1.09. The van der Waals surface area contributed by atoms with Gasteiger partial charge in [0.15, 0.2) is 0 Å². The van der Waals surface area contributed by atoms with E-state index in [1.54, 1.807) is 35.4 Å². The van der Waals surface area contributed by atoms with Gasteiger partial charge < -0.3 is 30.7 Å². The molecule has 2 aliphatic rings. The topological polar surface area (TPSA) is 139 Å². The Hall–Kier alpha value is -4.33. The van der Waals surface area contributed by atoms with Crippen molar-refractivity contribution in [1.29, 1.82) is 0 Å². The number of nitrogens with two attached hydrogens (primary N) is 1. The zero-order valence-electron chi connectivity index (χ0n) is 26.8. The molecule has 2 fully saturated rings. The lowest BCUT2D eigenvalue weighted by Crippen LogP contribution is -2.50. The second-order valence-corrected chi connectivity index (χ2v) is 11.8. The van der Waals surface area contributed by atoms with Crippen molar-refractivity contribution >= 4 is 35.9 Å². The number of rotatable bonds is 11. The summed E-state index contributed by atoms with van der Waals surface area (Å²) in [5.74, 6) is -2.15. The van der Waals surface area contributed by atoms with Crippen LogP contribution in [-0.4, -0.2) is 77.6 Å². The average Bonchev–Trinajstić information content (AvgIpc) is 3.07. The van der Waals surface area contributed by atoms with Crippen molar-refractivity contribution in [3.05, 3.63) is 83.1 Å². The molecule has 14 heteroatoms. The number of morpholine rings is 1. The molecule has 0 spiro atoms. The summed E-state index contributed by atoms with van der Waals surface area (Å²) >= 11 is 0. The first kappa shape index (κ1) is 36.5. The van der Waals surface area contributed by atoms with Crippen molar-refractivity contribution < 1.29 is 32.6 Å². The van der Waals surface area contributed by atoms with Crippen LogP contribution >= 0.6 is 12.4 Å². The summed E-state index contributed by atoms with van der Waals surface area (Å²) in [6, 6.07) is 11.6. The molecule has 4 N–H and O–H groups in total. The Balaban J connectivity index is 0.00000520. The third-order valence-corrected chi connectivity index (χ3v) is 8.44. The van der Waals surface area contributed by atoms with Gasteiger partial charge in [-0.15, -0.1) is 12.4 Å². The largest absolute Gasteiger partial charge is 0.439 e. The number of hydrogen-bond acceptors (Lipinski definition) is 7. The molecule has 2 aromatic carbocycles. The van der Waals surface area contributed by atoms with Crippen LogP contribution in [0.3, 0.4) is 0 Å². The van der Waals surface area contributed by atoms with Gasteiger partial charge in [-0.25, -0.2) is 18.6 Å². The van der Waals surface area contributed by atoms with Gasteiger partial charge in [0.25, 0.3) is 11.8 Å². The lowest BCUT2D eigenvalue weighted by Gasteiger charge is -2.40. The number of nitrogens with zero attached hydrogens (tertiary/aromatic N) is 3. The molecule has 0 radical (unpaired) electrons. The van der Waals surface area contributed by atoms with E-state index in [0.717, 1.165) is 37.4 Å². The number of carbonyl (C=O) groups excluding carboxylic acids is 3.